The number of carbonyl (C=O) groups excluding carboxylic acids is 1. The lowest BCUT2D eigenvalue weighted by Gasteiger charge is -2.30. The van der Waals surface area contributed by atoms with Crippen LogP contribution in [0.15, 0.2) is 23.0 Å². The summed E-state index contributed by atoms with van der Waals surface area (Å²) in [5.74, 6) is -0.546. The molecule has 1 amide bonds. The van der Waals surface area contributed by atoms with Crippen LogP contribution in [-0.2, 0) is 4.79 Å². The number of rotatable bonds is 1. The van der Waals surface area contributed by atoms with Crippen molar-refractivity contribution in [3.63, 3.8) is 0 Å². The lowest BCUT2D eigenvalue weighted by Crippen LogP contribution is -2.48. The molecular weight excluding hydrogens is 277 g/mol. The zero-order chi connectivity index (χ0) is 15.1. The first-order chi connectivity index (χ1) is 9.99. The second kappa shape index (κ2) is 4.92. The SMILES string of the molecule is Cc1nc2cccc(F)c2c(=O)n1C1CCC(=O)NC1O. The van der Waals surface area contributed by atoms with Crippen LogP contribution < -0.4 is 10.9 Å². The summed E-state index contributed by atoms with van der Waals surface area (Å²) in [7, 11) is 0. The van der Waals surface area contributed by atoms with E-state index in [1.54, 1.807) is 13.0 Å². The number of aromatic nitrogens is 2. The molecule has 110 valence electrons. The van der Waals surface area contributed by atoms with Gasteiger partial charge in [0.15, 0.2) is 0 Å². The fraction of sp³-hybridized carbons (Fsp3) is 0.357. The van der Waals surface area contributed by atoms with Crippen molar-refractivity contribution in [2.24, 2.45) is 0 Å². The number of fused-ring (bicyclic) bond motifs is 1. The molecule has 1 saturated heterocycles. The molecule has 1 aliphatic rings. The van der Waals surface area contributed by atoms with Crippen LogP contribution in [0.25, 0.3) is 10.9 Å². The van der Waals surface area contributed by atoms with Crippen molar-refractivity contribution in [2.45, 2.75) is 32.0 Å². The number of nitrogens with zero attached hydrogens (tertiary/aromatic N) is 2. The van der Waals surface area contributed by atoms with E-state index in [2.05, 4.69) is 10.3 Å². The van der Waals surface area contributed by atoms with E-state index in [0.29, 0.717) is 12.2 Å². The highest BCUT2D eigenvalue weighted by Gasteiger charge is 2.30. The number of halogens is 1. The first-order valence-electron chi connectivity index (χ1n) is 6.64. The molecule has 6 nitrogen and oxygen atoms in total. The number of carbonyl (C=O) groups is 1. The maximum atomic E-state index is 13.9. The zero-order valence-electron chi connectivity index (χ0n) is 11.3. The molecule has 2 unspecified atom stereocenters. The molecule has 2 atom stereocenters. The number of hydrogen-bond donors (Lipinski definition) is 2. The first-order valence-corrected chi connectivity index (χ1v) is 6.64. The molecule has 21 heavy (non-hydrogen) atoms. The maximum absolute atomic E-state index is 13.9. The topological polar surface area (TPSA) is 84.2 Å². The quantitative estimate of drug-likeness (QED) is 0.806. The van der Waals surface area contributed by atoms with E-state index < -0.39 is 23.6 Å². The third-order valence-electron chi connectivity index (χ3n) is 3.73. The Kier molecular flexibility index (Phi) is 3.21. The maximum Gasteiger partial charge on any atom is 0.264 e. The standard InChI is InChI=1S/C14H14FN3O3/c1-7-16-9-4-2-3-8(15)12(9)14(21)18(7)10-5-6-11(19)17-13(10)20/h2-4,10,13,20H,5-6H2,1H3,(H,17,19). The number of hydrogen-bond acceptors (Lipinski definition) is 4. The van der Waals surface area contributed by atoms with Crippen LogP contribution >= 0.6 is 0 Å². The zero-order valence-corrected chi connectivity index (χ0v) is 11.3. The third-order valence-corrected chi connectivity index (χ3v) is 3.73. The Labute approximate surface area is 119 Å². The predicted octanol–water partition coefficient (Wildman–Crippen LogP) is 0.614. The van der Waals surface area contributed by atoms with Crippen LogP contribution in [-0.4, -0.2) is 26.8 Å². The minimum Gasteiger partial charge on any atom is -0.372 e. The molecular formula is C14H14FN3O3. The third kappa shape index (κ3) is 2.19. The Hall–Kier alpha value is -2.28. The minimum atomic E-state index is -1.19. The van der Waals surface area contributed by atoms with Crippen LogP contribution in [0.3, 0.4) is 0 Å². The van der Waals surface area contributed by atoms with Crippen molar-refractivity contribution in [1.29, 1.82) is 0 Å². The van der Waals surface area contributed by atoms with Gasteiger partial charge in [-0.2, -0.15) is 0 Å². The summed E-state index contributed by atoms with van der Waals surface area (Å²) in [5.41, 5.74) is -0.265. The van der Waals surface area contributed by atoms with Gasteiger partial charge in [-0.25, -0.2) is 9.37 Å². The van der Waals surface area contributed by atoms with Crippen molar-refractivity contribution in [3.05, 3.63) is 40.2 Å². The molecule has 0 saturated carbocycles. The van der Waals surface area contributed by atoms with Crippen molar-refractivity contribution in [3.8, 4) is 0 Å². The number of aliphatic hydroxyl groups excluding tert-OH is 1. The largest absolute Gasteiger partial charge is 0.372 e. The molecule has 1 fully saturated rings. The van der Waals surface area contributed by atoms with Crippen LogP contribution in [0.5, 0.6) is 0 Å². The van der Waals surface area contributed by atoms with Crippen LogP contribution in [0.2, 0.25) is 0 Å². The second-order valence-corrected chi connectivity index (χ2v) is 5.09. The lowest BCUT2D eigenvalue weighted by atomic mass is 10.0. The number of aliphatic hydroxyl groups is 1. The summed E-state index contributed by atoms with van der Waals surface area (Å²) in [4.78, 5) is 28.0. The smallest absolute Gasteiger partial charge is 0.264 e. The average molecular weight is 291 g/mol. The van der Waals surface area contributed by atoms with Gasteiger partial charge in [0.1, 0.15) is 23.3 Å². The highest BCUT2D eigenvalue weighted by atomic mass is 19.1. The van der Waals surface area contributed by atoms with Gasteiger partial charge in [-0.1, -0.05) is 6.07 Å². The van der Waals surface area contributed by atoms with Gasteiger partial charge < -0.3 is 10.4 Å². The Bertz CT molecular complexity index is 787. The summed E-state index contributed by atoms with van der Waals surface area (Å²) in [5, 5.41) is 12.2. The monoisotopic (exact) mass is 291 g/mol. The minimum absolute atomic E-state index is 0.104. The molecule has 1 aliphatic heterocycles. The fourth-order valence-corrected chi connectivity index (χ4v) is 2.74. The van der Waals surface area contributed by atoms with Crippen LogP contribution in [0, 0.1) is 12.7 Å². The summed E-state index contributed by atoms with van der Waals surface area (Å²) in [6, 6.07) is 3.61. The number of benzene rings is 1. The Balaban J connectivity index is 2.21. The van der Waals surface area contributed by atoms with Gasteiger partial charge in [0, 0.05) is 6.42 Å². The molecule has 1 aromatic carbocycles. The molecule has 2 N–H and O–H groups in total. The van der Waals surface area contributed by atoms with Gasteiger partial charge in [-0.05, 0) is 25.5 Å². The van der Waals surface area contributed by atoms with Gasteiger partial charge in [-0.15, -0.1) is 0 Å². The molecule has 0 spiro atoms. The highest BCUT2D eigenvalue weighted by molar-refractivity contribution is 5.78. The van der Waals surface area contributed by atoms with E-state index >= 15 is 0 Å². The van der Waals surface area contributed by atoms with Crippen molar-refractivity contribution in [1.82, 2.24) is 14.9 Å². The molecule has 2 heterocycles. The summed E-state index contributed by atoms with van der Waals surface area (Å²) < 4.78 is 15.2. The Morgan fingerprint density at radius 1 is 1.43 bits per heavy atom. The molecule has 3 rings (SSSR count). The summed E-state index contributed by atoms with van der Waals surface area (Å²) in [6.07, 6.45) is -0.688. The second-order valence-electron chi connectivity index (χ2n) is 5.09. The molecule has 0 aliphatic carbocycles. The van der Waals surface area contributed by atoms with Crippen molar-refractivity contribution >= 4 is 16.8 Å². The van der Waals surface area contributed by atoms with E-state index in [4.69, 9.17) is 0 Å². The summed E-state index contributed by atoms with van der Waals surface area (Å²) in [6.45, 7) is 1.62. The summed E-state index contributed by atoms with van der Waals surface area (Å²) >= 11 is 0. The van der Waals surface area contributed by atoms with Gasteiger partial charge in [0.05, 0.1) is 11.6 Å². The normalized spacial score (nSPS) is 22.3. The van der Waals surface area contributed by atoms with E-state index in [9.17, 15) is 19.1 Å². The number of amides is 1. The van der Waals surface area contributed by atoms with E-state index in [0.717, 1.165) is 0 Å². The van der Waals surface area contributed by atoms with Gasteiger partial charge in [0.2, 0.25) is 5.91 Å². The van der Waals surface area contributed by atoms with Crippen LogP contribution in [0.1, 0.15) is 24.7 Å². The Morgan fingerprint density at radius 3 is 2.90 bits per heavy atom. The van der Waals surface area contributed by atoms with Crippen molar-refractivity contribution < 1.29 is 14.3 Å². The van der Waals surface area contributed by atoms with E-state index in [1.807, 2.05) is 0 Å². The predicted molar refractivity (Wildman–Crippen MR) is 73.1 cm³/mol. The number of aryl methyl sites for hydroxylation is 1. The number of nitrogens with one attached hydrogen (secondary N) is 1. The van der Waals surface area contributed by atoms with Gasteiger partial charge >= 0.3 is 0 Å². The average Bonchev–Trinajstić information content (AvgIpc) is 2.40. The molecule has 0 bridgehead atoms. The molecule has 1 aromatic heterocycles. The van der Waals surface area contributed by atoms with Gasteiger partial charge in [0.25, 0.3) is 5.56 Å². The Morgan fingerprint density at radius 2 is 2.19 bits per heavy atom. The first kappa shape index (κ1) is 13.7. The fourth-order valence-electron chi connectivity index (χ4n) is 2.74. The van der Waals surface area contributed by atoms with E-state index in [1.165, 1.54) is 16.7 Å². The van der Waals surface area contributed by atoms with E-state index in [-0.39, 0.29) is 23.2 Å². The molecule has 2 aromatic rings. The highest BCUT2D eigenvalue weighted by Crippen LogP contribution is 2.22. The van der Waals surface area contributed by atoms with Crippen molar-refractivity contribution in [2.75, 3.05) is 0 Å². The lowest BCUT2D eigenvalue weighted by molar-refractivity contribution is -0.128. The molecule has 0 radical (unpaired) electrons. The number of piperidine rings is 1. The van der Waals surface area contributed by atoms with Crippen LogP contribution in [0.4, 0.5) is 4.39 Å². The van der Waals surface area contributed by atoms with Gasteiger partial charge in [-0.3, -0.25) is 14.2 Å². The molecule has 7 heteroatoms.